The molecule has 2 amide bonds. The lowest BCUT2D eigenvalue weighted by Gasteiger charge is -2.27. The fourth-order valence-corrected chi connectivity index (χ4v) is 5.34. The predicted octanol–water partition coefficient (Wildman–Crippen LogP) is 2.66. The van der Waals surface area contributed by atoms with Crippen molar-refractivity contribution in [3.05, 3.63) is 47.0 Å². The number of carbonyl (C=O) groups excluding carboxylic acids is 2. The van der Waals surface area contributed by atoms with Crippen molar-refractivity contribution in [3.8, 4) is 0 Å². The fraction of sp³-hybridized carbons (Fsp3) is 0.304. The summed E-state index contributed by atoms with van der Waals surface area (Å²) >= 11 is 3.32. The highest BCUT2D eigenvalue weighted by atomic mass is 79.9. The van der Waals surface area contributed by atoms with Crippen molar-refractivity contribution >= 4 is 61.4 Å². The molecule has 2 aliphatic rings. The minimum absolute atomic E-state index is 0.0311. The van der Waals surface area contributed by atoms with E-state index < -0.39 is 6.04 Å². The molecule has 1 saturated heterocycles. The Bertz CT molecular complexity index is 1480. The summed E-state index contributed by atoms with van der Waals surface area (Å²) in [5, 5.41) is 3.49. The highest BCUT2D eigenvalue weighted by Crippen LogP contribution is 2.48. The number of nitrogens with one attached hydrogen (secondary N) is 1. The van der Waals surface area contributed by atoms with Crippen LogP contribution in [0.4, 0.5) is 11.6 Å². The van der Waals surface area contributed by atoms with Crippen molar-refractivity contribution in [2.45, 2.75) is 38.4 Å². The summed E-state index contributed by atoms with van der Waals surface area (Å²) < 4.78 is 2.45. The number of hydrogen-bond donors (Lipinski definition) is 2. The fourth-order valence-electron chi connectivity index (χ4n) is 5.00. The molecule has 3 N–H and O–H groups in total. The van der Waals surface area contributed by atoms with E-state index in [1.165, 1.54) is 6.33 Å². The number of amides is 2. The summed E-state index contributed by atoms with van der Waals surface area (Å²) in [6, 6.07) is 8.67. The molecule has 1 saturated carbocycles. The second-order valence-electron chi connectivity index (χ2n) is 8.81. The van der Waals surface area contributed by atoms with Gasteiger partial charge in [0, 0.05) is 11.7 Å². The Balaban J connectivity index is 1.32. The number of nitrogen functional groups attached to an aromatic ring is 1. The monoisotopic (exact) mass is 520 g/mol. The molecule has 1 aliphatic carbocycles. The lowest BCUT2D eigenvalue weighted by atomic mass is 10.1. The van der Waals surface area contributed by atoms with Gasteiger partial charge in [-0.25, -0.2) is 15.0 Å². The van der Waals surface area contributed by atoms with Gasteiger partial charge in [0.2, 0.25) is 11.8 Å². The zero-order valence-corrected chi connectivity index (χ0v) is 19.9. The van der Waals surface area contributed by atoms with Gasteiger partial charge in [-0.05, 0) is 65.9 Å². The number of pyridine rings is 2. The maximum Gasteiger partial charge on any atom is 0.248 e. The number of hydrogen-bond acceptors (Lipinski definition) is 7. The third kappa shape index (κ3) is 3.38. The van der Waals surface area contributed by atoms with Crippen molar-refractivity contribution in [1.29, 1.82) is 0 Å². The quantitative estimate of drug-likeness (QED) is 0.395. The maximum absolute atomic E-state index is 13.6. The van der Waals surface area contributed by atoms with Crippen LogP contribution in [-0.2, 0) is 16.1 Å². The highest BCUT2D eigenvalue weighted by molar-refractivity contribution is 9.10. The summed E-state index contributed by atoms with van der Waals surface area (Å²) in [6.45, 7) is 1.93. The Morgan fingerprint density at radius 3 is 2.85 bits per heavy atom. The molecular formula is C23H21BrN8O2. The average Bonchev–Trinajstić information content (AvgIpc) is 3.35. The number of rotatable bonds is 4. The minimum atomic E-state index is -0.537. The van der Waals surface area contributed by atoms with Crippen LogP contribution in [0.25, 0.3) is 22.1 Å². The molecule has 0 radical (unpaired) electrons. The van der Waals surface area contributed by atoms with Crippen LogP contribution in [-0.4, -0.2) is 53.3 Å². The summed E-state index contributed by atoms with van der Waals surface area (Å²) in [7, 11) is 0. The Morgan fingerprint density at radius 2 is 2.03 bits per heavy atom. The molecule has 0 bridgehead atoms. The van der Waals surface area contributed by atoms with Crippen LogP contribution in [0.2, 0.25) is 0 Å². The van der Waals surface area contributed by atoms with Crippen molar-refractivity contribution in [2.75, 3.05) is 11.1 Å². The van der Waals surface area contributed by atoms with E-state index in [-0.39, 0.29) is 24.4 Å². The molecule has 2 fully saturated rings. The van der Waals surface area contributed by atoms with Crippen molar-refractivity contribution in [1.82, 2.24) is 29.4 Å². The first-order valence-electron chi connectivity index (χ1n) is 11.0. The second-order valence-corrected chi connectivity index (χ2v) is 9.63. The van der Waals surface area contributed by atoms with Gasteiger partial charge in [0.25, 0.3) is 0 Å². The molecule has 0 spiro atoms. The van der Waals surface area contributed by atoms with Gasteiger partial charge >= 0.3 is 0 Å². The number of piperidine rings is 1. The first-order valence-corrected chi connectivity index (χ1v) is 11.8. The van der Waals surface area contributed by atoms with E-state index in [1.54, 1.807) is 23.1 Å². The molecule has 5 heterocycles. The van der Waals surface area contributed by atoms with Gasteiger partial charge in [0.1, 0.15) is 46.3 Å². The van der Waals surface area contributed by atoms with Gasteiger partial charge in [-0.1, -0.05) is 6.07 Å². The zero-order chi connectivity index (χ0) is 23.6. The van der Waals surface area contributed by atoms with Gasteiger partial charge in [-0.2, -0.15) is 0 Å². The van der Waals surface area contributed by atoms with E-state index in [9.17, 15) is 9.59 Å². The number of carbonyl (C=O) groups is 2. The number of fused-ring (bicyclic) bond motifs is 4. The van der Waals surface area contributed by atoms with Crippen LogP contribution in [0.15, 0.2) is 41.3 Å². The number of nitrogens with zero attached hydrogens (tertiary/aromatic N) is 6. The topological polar surface area (TPSA) is 132 Å². The van der Waals surface area contributed by atoms with Gasteiger partial charge < -0.3 is 20.5 Å². The van der Waals surface area contributed by atoms with E-state index in [4.69, 9.17) is 5.73 Å². The highest BCUT2D eigenvalue weighted by Gasteiger charge is 2.56. The summed E-state index contributed by atoms with van der Waals surface area (Å²) in [6.07, 6.45) is 2.96. The number of anilines is 2. The van der Waals surface area contributed by atoms with Crippen LogP contribution >= 0.6 is 15.9 Å². The van der Waals surface area contributed by atoms with Gasteiger partial charge in [0.05, 0.1) is 10.9 Å². The minimum Gasteiger partial charge on any atom is -0.383 e. The number of nitrogens with two attached hydrogens (primary N) is 1. The molecule has 3 atom stereocenters. The maximum atomic E-state index is 13.6. The average molecular weight is 521 g/mol. The largest absolute Gasteiger partial charge is 0.383 e. The van der Waals surface area contributed by atoms with Crippen molar-refractivity contribution < 1.29 is 9.59 Å². The SMILES string of the molecule is Cc1ccc2c(n1)c1c(N)ncnc1n2CC(=O)N1[C@@H]2CC2C[C@H]1C(=O)Nc1cccc(Br)n1. The molecule has 4 aromatic heterocycles. The van der Waals surface area contributed by atoms with E-state index in [0.717, 1.165) is 17.6 Å². The molecular weight excluding hydrogens is 500 g/mol. The third-order valence-corrected chi connectivity index (χ3v) is 7.05. The Labute approximate surface area is 202 Å². The van der Waals surface area contributed by atoms with Crippen LogP contribution < -0.4 is 11.1 Å². The second kappa shape index (κ2) is 7.73. The van der Waals surface area contributed by atoms with Crippen LogP contribution in [0.3, 0.4) is 0 Å². The third-order valence-electron chi connectivity index (χ3n) is 6.61. The number of halogens is 1. The standard InChI is InChI=1S/C23H21BrN8O2/c1-11-5-6-13-20(28-11)19-21(25)26-10-27-22(19)31(13)9-18(33)32-14-7-12(14)8-15(32)23(34)30-17-4-2-3-16(24)29-17/h2-6,10,12,14-15H,7-9H2,1H3,(H2,25,26,27)(H,29,30,34)/t12?,14-,15+/m1/s1. The first kappa shape index (κ1) is 21.0. The predicted molar refractivity (Wildman–Crippen MR) is 130 cm³/mol. The lowest BCUT2D eigenvalue weighted by Crippen LogP contribution is -2.46. The van der Waals surface area contributed by atoms with Gasteiger partial charge in [0.15, 0.2) is 0 Å². The molecule has 1 unspecified atom stereocenters. The molecule has 1 aliphatic heterocycles. The summed E-state index contributed by atoms with van der Waals surface area (Å²) in [4.78, 5) is 45.9. The number of likely N-dealkylation sites (tertiary alicyclic amines) is 1. The van der Waals surface area contributed by atoms with E-state index >= 15 is 0 Å². The Morgan fingerprint density at radius 1 is 1.18 bits per heavy atom. The van der Waals surface area contributed by atoms with E-state index in [2.05, 4.69) is 41.2 Å². The van der Waals surface area contributed by atoms with Crippen LogP contribution in [0.1, 0.15) is 18.5 Å². The van der Waals surface area contributed by atoms with Crippen LogP contribution in [0, 0.1) is 12.8 Å². The number of aromatic nitrogens is 5. The summed E-state index contributed by atoms with van der Waals surface area (Å²) in [5.74, 6) is 0.765. The smallest absolute Gasteiger partial charge is 0.248 e. The normalized spacial score (nSPS) is 21.1. The molecule has 0 aromatic carbocycles. The molecule has 11 heteroatoms. The lowest BCUT2D eigenvalue weighted by molar-refractivity contribution is -0.138. The van der Waals surface area contributed by atoms with Gasteiger partial charge in [-0.3, -0.25) is 14.6 Å². The van der Waals surface area contributed by atoms with Crippen LogP contribution in [0.5, 0.6) is 0 Å². The van der Waals surface area contributed by atoms with Gasteiger partial charge in [-0.15, -0.1) is 0 Å². The molecule has 6 rings (SSSR count). The molecule has 34 heavy (non-hydrogen) atoms. The zero-order valence-electron chi connectivity index (χ0n) is 18.3. The summed E-state index contributed by atoms with van der Waals surface area (Å²) in [5.41, 5.74) is 8.96. The van der Waals surface area contributed by atoms with E-state index in [0.29, 0.717) is 45.1 Å². The Kier molecular flexibility index (Phi) is 4.76. The molecule has 4 aromatic rings. The van der Waals surface area contributed by atoms with Crippen molar-refractivity contribution in [3.63, 3.8) is 0 Å². The molecule has 10 nitrogen and oxygen atoms in total. The number of aryl methyl sites for hydroxylation is 1. The molecule has 172 valence electrons. The first-order chi connectivity index (χ1) is 16.4. The van der Waals surface area contributed by atoms with Crippen molar-refractivity contribution in [2.24, 2.45) is 5.92 Å². The van der Waals surface area contributed by atoms with E-state index in [1.807, 2.05) is 23.6 Å². The Hall–Kier alpha value is -3.60.